The number of hydrogen-bond donors (Lipinski definition) is 1. The zero-order chi connectivity index (χ0) is 17.7. The molecule has 0 aliphatic carbocycles. The molecule has 132 valence electrons. The normalized spacial score (nSPS) is 20.3. The molecule has 1 atom stereocenters. The first-order valence-electron chi connectivity index (χ1n) is 8.47. The van der Waals surface area contributed by atoms with Crippen LogP contribution in [-0.4, -0.2) is 41.2 Å². The molecule has 2 aromatic rings. The Labute approximate surface area is 153 Å². The fourth-order valence-corrected chi connectivity index (χ4v) is 3.28. The molecule has 1 aliphatic heterocycles. The van der Waals surface area contributed by atoms with E-state index < -0.39 is 5.60 Å². The monoisotopic (exact) mass is 359 g/mol. The third-order valence-corrected chi connectivity index (χ3v) is 4.64. The molecule has 0 radical (unpaired) electrons. The molecule has 1 heterocycles. The minimum atomic E-state index is -1.03. The van der Waals surface area contributed by atoms with E-state index in [1.807, 2.05) is 30.3 Å². The van der Waals surface area contributed by atoms with Gasteiger partial charge in [0.15, 0.2) is 0 Å². The van der Waals surface area contributed by atoms with E-state index in [1.54, 1.807) is 29.2 Å². The highest BCUT2D eigenvalue weighted by Gasteiger charge is 2.36. The largest absolute Gasteiger partial charge is 0.490 e. The van der Waals surface area contributed by atoms with Gasteiger partial charge in [-0.15, -0.1) is 0 Å². The second-order valence-corrected chi connectivity index (χ2v) is 6.99. The molecule has 0 spiro atoms. The van der Waals surface area contributed by atoms with Crippen molar-refractivity contribution in [3.8, 4) is 5.75 Å². The first kappa shape index (κ1) is 17.8. The summed E-state index contributed by atoms with van der Waals surface area (Å²) < 4.78 is 5.70. The van der Waals surface area contributed by atoms with Crippen molar-refractivity contribution < 1.29 is 14.6 Å². The number of halogens is 1. The molecule has 1 N–H and O–H groups in total. The van der Waals surface area contributed by atoms with Crippen molar-refractivity contribution in [3.05, 3.63) is 65.2 Å². The van der Waals surface area contributed by atoms with E-state index in [4.69, 9.17) is 16.3 Å². The van der Waals surface area contributed by atoms with Gasteiger partial charge in [-0.1, -0.05) is 48.0 Å². The lowest BCUT2D eigenvalue weighted by molar-refractivity contribution is -0.139. The summed E-state index contributed by atoms with van der Waals surface area (Å²) >= 11 is 5.95. The Morgan fingerprint density at radius 2 is 2.00 bits per heavy atom. The Hall–Kier alpha value is -2.04. The molecular formula is C20H22ClNO3. The summed E-state index contributed by atoms with van der Waals surface area (Å²) in [7, 11) is 0. The van der Waals surface area contributed by atoms with Gasteiger partial charge in [0.2, 0.25) is 5.91 Å². The Kier molecular flexibility index (Phi) is 5.61. The third kappa shape index (κ3) is 4.97. The number of hydrogen-bond acceptors (Lipinski definition) is 3. The lowest BCUT2D eigenvalue weighted by Gasteiger charge is -2.39. The summed E-state index contributed by atoms with van der Waals surface area (Å²) in [6.07, 6.45) is 1.73. The number of nitrogens with zero attached hydrogens (tertiary/aromatic N) is 1. The Balaban J connectivity index is 1.58. The maximum absolute atomic E-state index is 12.5. The molecule has 1 amide bonds. The van der Waals surface area contributed by atoms with Gasteiger partial charge in [-0.05, 0) is 36.6 Å². The van der Waals surface area contributed by atoms with Gasteiger partial charge >= 0.3 is 0 Å². The van der Waals surface area contributed by atoms with Crippen LogP contribution in [0, 0.1) is 0 Å². The van der Waals surface area contributed by atoms with Crippen LogP contribution in [-0.2, 0) is 11.2 Å². The first-order valence-corrected chi connectivity index (χ1v) is 8.84. The standard InChI is InChI=1S/C20H22ClNO3/c21-17-8-4-9-18(13-17)25-15-20(24)10-5-11-22(14-20)19(23)12-16-6-2-1-3-7-16/h1-4,6-9,13,24H,5,10-12,14-15H2. The Bertz CT molecular complexity index is 722. The van der Waals surface area contributed by atoms with Crippen LogP contribution >= 0.6 is 11.6 Å². The van der Waals surface area contributed by atoms with E-state index in [2.05, 4.69) is 0 Å². The molecule has 0 aromatic heterocycles. The summed E-state index contributed by atoms with van der Waals surface area (Å²) in [6.45, 7) is 1.10. The van der Waals surface area contributed by atoms with Crippen molar-refractivity contribution in [2.45, 2.75) is 24.9 Å². The van der Waals surface area contributed by atoms with Gasteiger partial charge in [0.25, 0.3) is 0 Å². The van der Waals surface area contributed by atoms with Gasteiger partial charge in [-0.2, -0.15) is 0 Å². The average molecular weight is 360 g/mol. The van der Waals surface area contributed by atoms with Crippen molar-refractivity contribution in [1.29, 1.82) is 0 Å². The van der Waals surface area contributed by atoms with Crippen LogP contribution in [0.1, 0.15) is 18.4 Å². The van der Waals surface area contributed by atoms with Crippen molar-refractivity contribution in [1.82, 2.24) is 4.90 Å². The van der Waals surface area contributed by atoms with Crippen LogP contribution in [0.2, 0.25) is 5.02 Å². The average Bonchev–Trinajstić information content (AvgIpc) is 2.61. The predicted octanol–water partition coefficient (Wildman–Crippen LogP) is 3.32. The molecule has 1 fully saturated rings. The quantitative estimate of drug-likeness (QED) is 0.891. The van der Waals surface area contributed by atoms with Gasteiger partial charge in [-0.25, -0.2) is 0 Å². The van der Waals surface area contributed by atoms with Crippen molar-refractivity contribution >= 4 is 17.5 Å². The van der Waals surface area contributed by atoms with Gasteiger partial charge in [0.05, 0.1) is 13.0 Å². The van der Waals surface area contributed by atoms with Gasteiger partial charge < -0.3 is 14.7 Å². The van der Waals surface area contributed by atoms with Crippen LogP contribution in [0.25, 0.3) is 0 Å². The zero-order valence-electron chi connectivity index (χ0n) is 14.0. The zero-order valence-corrected chi connectivity index (χ0v) is 14.8. The second kappa shape index (κ2) is 7.89. The molecular weight excluding hydrogens is 338 g/mol. The van der Waals surface area contributed by atoms with Crippen molar-refractivity contribution in [3.63, 3.8) is 0 Å². The minimum absolute atomic E-state index is 0.0343. The number of benzene rings is 2. The van der Waals surface area contributed by atoms with E-state index in [-0.39, 0.29) is 12.5 Å². The van der Waals surface area contributed by atoms with Gasteiger partial charge in [0.1, 0.15) is 18.0 Å². The van der Waals surface area contributed by atoms with E-state index in [0.717, 1.165) is 12.0 Å². The Morgan fingerprint density at radius 1 is 1.20 bits per heavy atom. The predicted molar refractivity (Wildman–Crippen MR) is 97.9 cm³/mol. The maximum Gasteiger partial charge on any atom is 0.227 e. The van der Waals surface area contributed by atoms with Crippen LogP contribution in [0.15, 0.2) is 54.6 Å². The molecule has 1 aliphatic rings. The van der Waals surface area contributed by atoms with Gasteiger partial charge in [0, 0.05) is 11.6 Å². The lowest BCUT2D eigenvalue weighted by atomic mass is 9.93. The topological polar surface area (TPSA) is 49.8 Å². The molecule has 4 nitrogen and oxygen atoms in total. The summed E-state index contributed by atoms with van der Waals surface area (Å²) in [6, 6.07) is 16.8. The summed E-state index contributed by atoms with van der Waals surface area (Å²) in [5.74, 6) is 0.653. The van der Waals surface area contributed by atoms with E-state index in [0.29, 0.717) is 36.7 Å². The smallest absolute Gasteiger partial charge is 0.227 e. The first-order chi connectivity index (χ1) is 12.0. The number of likely N-dealkylation sites (tertiary alicyclic amines) is 1. The van der Waals surface area contributed by atoms with Crippen molar-refractivity contribution in [2.75, 3.05) is 19.7 Å². The van der Waals surface area contributed by atoms with Crippen LogP contribution in [0.4, 0.5) is 0 Å². The summed E-state index contributed by atoms with van der Waals surface area (Å²) in [5, 5.41) is 11.4. The Morgan fingerprint density at radius 3 is 2.76 bits per heavy atom. The third-order valence-electron chi connectivity index (χ3n) is 4.41. The number of carbonyl (C=O) groups excluding carboxylic acids is 1. The van der Waals surface area contributed by atoms with Gasteiger partial charge in [-0.3, -0.25) is 4.79 Å². The van der Waals surface area contributed by atoms with E-state index in [9.17, 15) is 9.90 Å². The molecule has 25 heavy (non-hydrogen) atoms. The van der Waals surface area contributed by atoms with Crippen LogP contribution < -0.4 is 4.74 Å². The van der Waals surface area contributed by atoms with Crippen LogP contribution in [0.3, 0.4) is 0 Å². The molecule has 1 unspecified atom stereocenters. The molecule has 3 rings (SSSR count). The second-order valence-electron chi connectivity index (χ2n) is 6.55. The molecule has 0 bridgehead atoms. The number of ether oxygens (including phenoxy) is 1. The number of aliphatic hydroxyl groups is 1. The number of rotatable bonds is 5. The lowest BCUT2D eigenvalue weighted by Crippen LogP contribution is -2.53. The highest BCUT2D eigenvalue weighted by atomic mass is 35.5. The highest BCUT2D eigenvalue weighted by Crippen LogP contribution is 2.24. The number of piperidine rings is 1. The van der Waals surface area contributed by atoms with E-state index in [1.165, 1.54) is 0 Å². The number of amides is 1. The number of β-amino-alcohol motifs (C(OH)–C–C–N with tert-alkyl or cyclic N) is 1. The molecule has 2 aromatic carbocycles. The SMILES string of the molecule is O=C(Cc1ccccc1)N1CCCC(O)(COc2cccc(Cl)c2)C1. The molecule has 5 heteroatoms. The van der Waals surface area contributed by atoms with Crippen molar-refractivity contribution in [2.24, 2.45) is 0 Å². The molecule has 0 saturated carbocycles. The maximum atomic E-state index is 12.5. The van der Waals surface area contributed by atoms with E-state index >= 15 is 0 Å². The summed E-state index contributed by atoms with van der Waals surface area (Å²) in [5.41, 5.74) is -0.0517. The van der Waals surface area contributed by atoms with Crippen LogP contribution in [0.5, 0.6) is 5.75 Å². The fraction of sp³-hybridized carbons (Fsp3) is 0.350. The summed E-state index contributed by atoms with van der Waals surface area (Å²) in [4.78, 5) is 14.3. The minimum Gasteiger partial charge on any atom is -0.490 e. The highest BCUT2D eigenvalue weighted by molar-refractivity contribution is 6.30. The fourth-order valence-electron chi connectivity index (χ4n) is 3.10. The molecule has 1 saturated heterocycles. The number of carbonyl (C=O) groups is 1.